The van der Waals surface area contributed by atoms with Crippen LogP contribution in [0.5, 0.6) is 0 Å². The van der Waals surface area contributed by atoms with Crippen LogP contribution in [-0.4, -0.2) is 187 Å². The first-order chi connectivity index (χ1) is 45.2. The third-order valence-electron chi connectivity index (χ3n) is 16.7. The first-order valence-electron chi connectivity index (χ1n) is 31.2. The number of aliphatic hydroxyl groups excluding tert-OH is 2. The first kappa shape index (κ1) is 72.4. The second-order valence-corrected chi connectivity index (χ2v) is 30.7. The average molecular weight is 1510 g/mol. The Bertz CT molecular complexity index is 3630. The summed E-state index contributed by atoms with van der Waals surface area (Å²) in [6, 6.07) is 0. The van der Waals surface area contributed by atoms with E-state index in [-0.39, 0.29) is 87.4 Å². The van der Waals surface area contributed by atoms with E-state index in [1.54, 1.807) is 0 Å². The van der Waals surface area contributed by atoms with Crippen molar-refractivity contribution >= 4 is 113 Å². The zero-order chi connectivity index (χ0) is 66.6. The van der Waals surface area contributed by atoms with Gasteiger partial charge in [0.1, 0.15) is 96.6 Å². The van der Waals surface area contributed by atoms with Gasteiger partial charge in [0.25, 0.3) is 0 Å². The van der Waals surface area contributed by atoms with Crippen LogP contribution in [-0.2, 0) is 69.5 Å². The van der Waals surface area contributed by atoms with Gasteiger partial charge >= 0.3 is 28.4 Å². The van der Waals surface area contributed by atoms with Crippen LogP contribution in [0.4, 0.5) is 17.5 Å². The number of anilines is 3. The lowest BCUT2D eigenvalue weighted by atomic mass is 9.89. The number of hydrogen-bond donors (Lipinski definition) is 8. The highest BCUT2D eigenvalue weighted by Gasteiger charge is 2.60. The molecular formula is C54H81IN15O20P3S. The predicted octanol–water partition coefficient (Wildman–Crippen LogP) is 6.65. The number of nitrogens with zero attached hydrogens (tertiary/aromatic N) is 12. The maximum atomic E-state index is 14.4. The van der Waals surface area contributed by atoms with Crippen molar-refractivity contribution in [3.05, 3.63) is 38.0 Å². The molecule has 0 saturated carbocycles. The van der Waals surface area contributed by atoms with Crippen molar-refractivity contribution in [2.75, 3.05) is 60.6 Å². The van der Waals surface area contributed by atoms with E-state index in [1.165, 1.54) is 110 Å². The Balaban J connectivity index is 0.759. The molecule has 15 atom stereocenters. The Morgan fingerprint density at radius 1 is 0.638 bits per heavy atom. The molecule has 10 heterocycles. The first-order valence-corrected chi connectivity index (χ1v) is 38.9. The Morgan fingerprint density at radius 2 is 1.13 bits per heavy atom. The van der Waals surface area contributed by atoms with Gasteiger partial charge in [0.15, 0.2) is 53.1 Å². The van der Waals surface area contributed by atoms with Gasteiger partial charge in [0.05, 0.1) is 43.4 Å². The van der Waals surface area contributed by atoms with E-state index in [0.29, 0.717) is 24.2 Å². The zero-order valence-corrected chi connectivity index (χ0v) is 57.2. The number of carbonyl (C=O) groups excluding carboxylic acids is 1. The molecule has 35 nitrogen and oxygen atoms in total. The molecule has 4 saturated heterocycles. The summed E-state index contributed by atoms with van der Waals surface area (Å²) in [6.45, 7) is -4.50. The van der Waals surface area contributed by atoms with Crippen LogP contribution in [0.25, 0.3) is 33.5 Å². The van der Waals surface area contributed by atoms with Crippen LogP contribution in [0.2, 0.25) is 0 Å². The number of nitrogens with two attached hydrogens (primary N) is 3. The van der Waals surface area contributed by atoms with E-state index < -0.39 is 121 Å². The molecular weight excluding hydrogens is 1430 g/mol. The fourth-order valence-corrected chi connectivity index (χ4v) is 16.5. The number of hydrogen-bond acceptors (Lipinski definition) is 30. The van der Waals surface area contributed by atoms with E-state index in [2.05, 4.69) is 51.8 Å². The SMILES string of the molecule is CCCCCCCCCCCCCCCCCC(=O)OCCSP(=O)(O)OC[C@H]1O[C@@H](n2cnc3c(N)ncnc32)C(OP(=O)(O)OC[C@H]2O[C@@H](n3cnc4c(N)ncnc43)C(OP(=O)(O)OC[C@]34CCCOC3C(O)[C@H](n3cnc5c(N)ncnc53)O4)C2O)C1OCI. The fraction of sp³-hybridized carbons (Fsp3) is 0.704. The van der Waals surface area contributed by atoms with Gasteiger partial charge in [-0.15, -0.1) is 0 Å². The molecule has 520 valence electrons. The van der Waals surface area contributed by atoms with Crippen molar-refractivity contribution < 1.29 is 94.4 Å². The van der Waals surface area contributed by atoms with Crippen LogP contribution >= 0.6 is 56.4 Å². The summed E-state index contributed by atoms with van der Waals surface area (Å²) in [6.07, 6.45) is 9.45. The molecule has 10 rings (SSSR count). The van der Waals surface area contributed by atoms with Gasteiger partial charge in [-0.05, 0) is 30.6 Å². The minimum Gasteiger partial charge on any atom is -0.465 e. The number of aliphatic hydroxyl groups is 2. The van der Waals surface area contributed by atoms with E-state index in [4.69, 9.17) is 68.2 Å². The number of nitrogen functional groups attached to an aromatic ring is 3. The molecule has 0 aromatic carbocycles. The number of rotatable bonds is 38. The van der Waals surface area contributed by atoms with Crippen molar-refractivity contribution in [3.8, 4) is 0 Å². The molecule has 94 heavy (non-hydrogen) atoms. The summed E-state index contributed by atoms with van der Waals surface area (Å²) >= 11 is 2.39. The molecule has 40 heteroatoms. The van der Waals surface area contributed by atoms with Crippen LogP contribution in [0.15, 0.2) is 38.0 Å². The van der Waals surface area contributed by atoms with Gasteiger partial charge in [0.2, 0.25) is 0 Å². The third kappa shape index (κ3) is 17.7. The van der Waals surface area contributed by atoms with Crippen molar-refractivity contribution in [2.24, 2.45) is 0 Å². The number of fused-ring (bicyclic) bond motifs is 4. The quantitative estimate of drug-likeness (QED) is 0.00660. The molecule has 6 aromatic rings. The lowest BCUT2D eigenvalue weighted by Gasteiger charge is -2.38. The van der Waals surface area contributed by atoms with Crippen molar-refractivity contribution in [2.45, 2.75) is 196 Å². The van der Waals surface area contributed by atoms with E-state index in [0.717, 1.165) is 31.9 Å². The van der Waals surface area contributed by atoms with Gasteiger partial charge < -0.3 is 70.5 Å². The molecule has 0 amide bonds. The van der Waals surface area contributed by atoms with Gasteiger partial charge in [-0.1, -0.05) is 119 Å². The van der Waals surface area contributed by atoms with Gasteiger partial charge in [-0.3, -0.25) is 41.1 Å². The maximum Gasteiger partial charge on any atom is 0.472 e. The zero-order valence-electron chi connectivity index (χ0n) is 51.6. The summed E-state index contributed by atoms with van der Waals surface area (Å²) in [5, 5.41) is 23.6. The predicted molar refractivity (Wildman–Crippen MR) is 345 cm³/mol. The number of phosphoric ester groups is 2. The van der Waals surface area contributed by atoms with Crippen LogP contribution in [0.3, 0.4) is 0 Å². The summed E-state index contributed by atoms with van der Waals surface area (Å²) in [5.41, 5.74) is 17.4. The number of phosphoric acid groups is 2. The minimum atomic E-state index is -5.41. The van der Waals surface area contributed by atoms with Crippen LogP contribution in [0.1, 0.15) is 141 Å². The smallest absolute Gasteiger partial charge is 0.465 e. The van der Waals surface area contributed by atoms with E-state index >= 15 is 0 Å². The highest BCUT2D eigenvalue weighted by atomic mass is 127. The second-order valence-electron chi connectivity index (χ2n) is 23.2. The molecule has 0 aliphatic carbocycles. The maximum absolute atomic E-state index is 14.4. The molecule has 0 radical (unpaired) electrons. The number of esters is 1. The molecule has 9 unspecified atom stereocenters. The number of unbranched alkanes of at least 4 members (excludes halogenated alkanes) is 14. The highest BCUT2D eigenvalue weighted by molar-refractivity contribution is 14.1. The van der Waals surface area contributed by atoms with E-state index in [1.807, 2.05) is 22.6 Å². The largest absolute Gasteiger partial charge is 0.472 e. The molecule has 4 aliphatic rings. The number of alkyl halides is 1. The summed E-state index contributed by atoms with van der Waals surface area (Å²) in [4.78, 5) is 84.1. The fourth-order valence-electron chi connectivity index (χ4n) is 12.0. The lowest BCUT2D eigenvalue weighted by molar-refractivity contribution is -0.165. The van der Waals surface area contributed by atoms with Gasteiger partial charge in [-0.2, -0.15) is 0 Å². The number of aromatic nitrogens is 12. The van der Waals surface area contributed by atoms with Crippen LogP contribution < -0.4 is 17.2 Å². The van der Waals surface area contributed by atoms with Crippen molar-refractivity contribution in [1.29, 1.82) is 0 Å². The molecule has 6 aromatic heterocycles. The Morgan fingerprint density at radius 3 is 1.68 bits per heavy atom. The number of imidazole rings is 3. The van der Waals surface area contributed by atoms with Crippen molar-refractivity contribution in [3.63, 3.8) is 0 Å². The Kier molecular flexibility index (Phi) is 25.5. The highest BCUT2D eigenvalue weighted by Crippen LogP contribution is 2.58. The van der Waals surface area contributed by atoms with Crippen molar-refractivity contribution in [1.82, 2.24) is 58.6 Å². The standard InChI is InChI=1S/C54H81IN15O20P3S/c1-2-3-4-5-6-7-8-9-10-11-12-13-14-15-16-18-35(71)80-21-22-94-93(78,79)84-24-34-41(82-26-55)43(53(87-34)70-32-67-38-47(58)61-29-64-50(38)70)90-91(74,75)83-23-33-39(72)42(52(86-33)69-31-66-37-46(57)60-28-63-49(37)69)89-92(76,77)85-25-54-19-17-20-81-44(54)40(73)51(88-54)68-30-65-36-45(56)59-27-62-48(36)68/h27-34,39-44,51-53,72-73H,2-26H2,1H3,(H,74,75)(H,76,77)(H,78,79)(H2,56,59,62)(H2,57,60,63)(H2,58,61,64)/t33-,34-,39?,40?,41?,42?,43?,44?,51-,52-,53-,54-/m1/s1. The minimum absolute atomic E-state index is 0.0185. The third-order valence-corrected chi connectivity index (χ3v) is 22.0. The normalized spacial score (nSPS) is 27.5. The lowest BCUT2D eigenvalue weighted by Crippen LogP contribution is -2.51. The molecule has 11 N–H and O–H groups in total. The Hall–Kier alpha value is -4.31. The Labute approximate surface area is 557 Å². The van der Waals surface area contributed by atoms with Crippen LogP contribution in [0, 0.1) is 0 Å². The van der Waals surface area contributed by atoms with Gasteiger partial charge in [0, 0.05) is 18.8 Å². The number of ether oxygens (including phenoxy) is 6. The monoisotopic (exact) mass is 1510 g/mol. The summed E-state index contributed by atoms with van der Waals surface area (Å²) in [7, 11) is -10.8. The molecule has 4 fully saturated rings. The topological polar surface area (TPSA) is 480 Å². The summed E-state index contributed by atoms with van der Waals surface area (Å²) < 4.78 is 111. The molecule has 0 bridgehead atoms. The van der Waals surface area contributed by atoms with Gasteiger partial charge in [-0.25, -0.2) is 58.6 Å². The number of halogens is 1. The number of carbonyl (C=O) groups is 1. The molecule has 4 aliphatic heterocycles. The van der Waals surface area contributed by atoms with E-state index in [9.17, 15) is 43.4 Å². The summed E-state index contributed by atoms with van der Waals surface area (Å²) in [5.74, 6) is -0.490. The second kappa shape index (κ2) is 33.0. The molecule has 0 spiro atoms. The average Bonchev–Trinajstić information content (AvgIpc) is 1.61.